The molecule has 3 heteroatoms. The van der Waals surface area contributed by atoms with Gasteiger partial charge in [0.15, 0.2) is 0 Å². The van der Waals surface area contributed by atoms with Crippen molar-refractivity contribution in [2.75, 3.05) is 13.1 Å². The van der Waals surface area contributed by atoms with Gasteiger partial charge in [0.2, 0.25) is 0 Å². The fraction of sp³-hybridized carbons (Fsp3) is 0.900. The first kappa shape index (κ1) is 8.98. The molecule has 1 aliphatic carbocycles. The third kappa shape index (κ3) is 1.25. The third-order valence-electron chi connectivity index (χ3n) is 3.90. The Labute approximate surface area is 79.3 Å². The Kier molecular flexibility index (Phi) is 2.27. The van der Waals surface area contributed by atoms with E-state index in [4.69, 9.17) is 11.0 Å². The van der Waals surface area contributed by atoms with Gasteiger partial charge in [-0.2, -0.15) is 5.26 Å². The predicted octanol–water partition coefficient (Wildman–Crippen LogP) is 0.617. The maximum absolute atomic E-state index is 8.66. The zero-order chi connectivity index (χ0) is 9.31. The van der Waals surface area contributed by atoms with Crippen LogP contribution in [0.2, 0.25) is 0 Å². The fourth-order valence-electron chi connectivity index (χ4n) is 3.11. The summed E-state index contributed by atoms with van der Waals surface area (Å²) in [6.45, 7) is 2.14. The van der Waals surface area contributed by atoms with E-state index in [0.29, 0.717) is 6.42 Å². The first-order valence-corrected chi connectivity index (χ1v) is 5.13. The van der Waals surface area contributed by atoms with E-state index in [9.17, 15) is 0 Å². The van der Waals surface area contributed by atoms with Crippen molar-refractivity contribution < 1.29 is 0 Å². The average Bonchev–Trinajstić information content (AvgIpc) is 2.61. The molecule has 2 aliphatic rings. The first-order valence-electron chi connectivity index (χ1n) is 5.13. The summed E-state index contributed by atoms with van der Waals surface area (Å²) in [4.78, 5) is 0. The van der Waals surface area contributed by atoms with Crippen LogP contribution in [0.25, 0.3) is 0 Å². The van der Waals surface area contributed by atoms with E-state index < -0.39 is 0 Å². The molecule has 0 radical (unpaired) electrons. The summed E-state index contributed by atoms with van der Waals surface area (Å²) in [7, 11) is 0. The second-order valence-corrected chi connectivity index (χ2v) is 4.42. The third-order valence-corrected chi connectivity index (χ3v) is 3.90. The summed E-state index contributed by atoms with van der Waals surface area (Å²) in [5.74, 6) is 0.732. The molecule has 72 valence electrons. The lowest BCUT2D eigenvalue weighted by Gasteiger charge is -2.33. The van der Waals surface area contributed by atoms with E-state index in [1.54, 1.807) is 0 Å². The van der Waals surface area contributed by atoms with Crippen molar-refractivity contribution in [3.63, 3.8) is 0 Å². The van der Waals surface area contributed by atoms with Gasteiger partial charge in [-0.15, -0.1) is 0 Å². The molecule has 0 bridgehead atoms. The molecule has 0 amide bonds. The summed E-state index contributed by atoms with van der Waals surface area (Å²) in [6, 6.07) is 2.28. The van der Waals surface area contributed by atoms with Crippen molar-refractivity contribution in [3.05, 3.63) is 0 Å². The SMILES string of the molecule is N#CCC(N)C12CCCC1CNC2. The van der Waals surface area contributed by atoms with Crippen molar-refractivity contribution >= 4 is 0 Å². The fourth-order valence-corrected chi connectivity index (χ4v) is 3.11. The largest absolute Gasteiger partial charge is 0.326 e. The summed E-state index contributed by atoms with van der Waals surface area (Å²) in [5, 5.41) is 12.1. The molecule has 3 nitrogen and oxygen atoms in total. The van der Waals surface area contributed by atoms with Crippen molar-refractivity contribution in [1.29, 1.82) is 5.26 Å². The Bertz CT molecular complexity index is 221. The molecule has 1 aliphatic heterocycles. The van der Waals surface area contributed by atoms with Gasteiger partial charge < -0.3 is 11.1 Å². The Morgan fingerprint density at radius 3 is 3.31 bits per heavy atom. The van der Waals surface area contributed by atoms with Gasteiger partial charge in [0.05, 0.1) is 12.5 Å². The number of fused-ring (bicyclic) bond motifs is 1. The zero-order valence-electron chi connectivity index (χ0n) is 7.92. The van der Waals surface area contributed by atoms with Gasteiger partial charge in [-0.25, -0.2) is 0 Å². The molecule has 3 atom stereocenters. The second-order valence-electron chi connectivity index (χ2n) is 4.42. The molecule has 1 saturated heterocycles. The van der Waals surface area contributed by atoms with E-state index in [1.165, 1.54) is 19.3 Å². The topological polar surface area (TPSA) is 61.8 Å². The van der Waals surface area contributed by atoms with E-state index >= 15 is 0 Å². The van der Waals surface area contributed by atoms with Crippen LogP contribution in [0.3, 0.4) is 0 Å². The average molecular weight is 179 g/mol. The summed E-state index contributed by atoms with van der Waals surface area (Å²) >= 11 is 0. The van der Waals surface area contributed by atoms with Crippen LogP contribution in [-0.4, -0.2) is 19.1 Å². The molecule has 0 aromatic rings. The van der Waals surface area contributed by atoms with Crippen molar-refractivity contribution in [1.82, 2.24) is 5.32 Å². The number of nitrogens with one attached hydrogen (secondary N) is 1. The maximum atomic E-state index is 8.66. The molecule has 1 heterocycles. The van der Waals surface area contributed by atoms with Crippen LogP contribution in [0.1, 0.15) is 25.7 Å². The Balaban J connectivity index is 2.13. The number of nitrogens with two attached hydrogens (primary N) is 1. The number of nitriles is 1. The van der Waals surface area contributed by atoms with Crippen LogP contribution in [0.4, 0.5) is 0 Å². The van der Waals surface area contributed by atoms with Crippen molar-refractivity contribution in [2.24, 2.45) is 17.1 Å². The first-order chi connectivity index (χ1) is 6.29. The molecule has 2 fully saturated rings. The molecule has 13 heavy (non-hydrogen) atoms. The molecule has 1 saturated carbocycles. The van der Waals surface area contributed by atoms with Gasteiger partial charge in [0.1, 0.15) is 0 Å². The standard InChI is InChI=1S/C10H17N3/c11-5-3-9(12)10-4-1-2-8(10)6-13-7-10/h8-9,13H,1-4,6-7,12H2. The lowest BCUT2D eigenvalue weighted by Crippen LogP contribution is -2.44. The molecule has 2 rings (SSSR count). The second kappa shape index (κ2) is 3.28. The normalized spacial score (nSPS) is 39.8. The zero-order valence-corrected chi connectivity index (χ0v) is 7.92. The van der Waals surface area contributed by atoms with Gasteiger partial charge >= 0.3 is 0 Å². The lowest BCUT2D eigenvalue weighted by molar-refractivity contribution is 0.211. The molecule has 0 spiro atoms. The molecular formula is C10H17N3. The van der Waals surface area contributed by atoms with Crippen LogP contribution in [0, 0.1) is 22.7 Å². The minimum absolute atomic E-state index is 0.0833. The van der Waals surface area contributed by atoms with Gasteiger partial charge in [0, 0.05) is 18.0 Å². The monoisotopic (exact) mass is 179 g/mol. The predicted molar refractivity (Wildman–Crippen MR) is 50.8 cm³/mol. The van der Waals surface area contributed by atoms with Crippen molar-refractivity contribution in [3.8, 4) is 6.07 Å². The summed E-state index contributed by atoms with van der Waals surface area (Å²) < 4.78 is 0. The summed E-state index contributed by atoms with van der Waals surface area (Å²) in [6.07, 6.45) is 4.32. The highest BCUT2D eigenvalue weighted by Crippen LogP contribution is 2.48. The van der Waals surface area contributed by atoms with Crippen LogP contribution >= 0.6 is 0 Å². The van der Waals surface area contributed by atoms with Gasteiger partial charge in [-0.1, -0.05) is 6.42 Å². The molecular weight excluding hydrogens is 162 g/mol. The smallest absolute Gasteiger partial charge is 0.0638 e. The Morgan fingerprint density at radius 2 is 2.54 bits per heavy atom. The molecule has 0 aromatic carbocycles. The summed E-state index contributed by atoms with van der Waals surface area (Å²) in [5.41, 5.74) is 6.36. The van der Waals surface area contributed by atoms with Crippen LogP contribution in [-0.2, 0) is 0 Å². The van der Waals surface area contributed by atoms with Crippen molar-refractivity contribution in [2.45, 2.75) is 31.7 Å². The molecule has 0 aromatic heterocycles. The quantitative estimate of drug-likeness (QED) is 0.653. The Morgan fingerprint density at radius 1 is 1.69 bits per heavy atom. The van der Waals surface area contributed by atoms with E-state index in [2.05, 4.69) is 11.4 Å². The van der Waals surface area contributed by atoms with E-state index in [1.807, 2.05) is 0 Å². The number of hydrogen-bond donors (Lipinski definition) is 2. The number of hydrogen-bond acceptors (Lipinski definition) is 3. The number of rotatable bonds is 2. The van der Waals surface area contributed by atoms with Crippen LogP contribution < -0.4 is 11.1 Å². The Hall–Kier alpha value is -0.590. The van der Waals surface area contributed by atoms with E-state index in [0.717, 1.165) is 19.0 Å². The highest BCUT2D eigenvalue weighted by Gasteiger charge is 2.49. The molecule has 3 unspecified atom stereocenters. The lowest BCUT2D eigenvalue weighted by atomic mass is 9.73. The highest BCUT2D eigenvalue weighted by molar-refractivity contribution is 5.06. The number of nitrogens with zero attached hydrogens (tertiary/aromatic N) is 1. The van der Waals surface area contributed by atoms with Gasteiger partial charge in [0.25, 0.3) is 0 Å². The molecule has 3 N–H and O–H groups in total. The van der Waals surface area contributed by atoms with E-state index in [-0.39, 0.29) is 11.5 Å². The van der Waals surface area contributed by atoms with Gasteiger partial charge in [-0.05, 0) is 25.3 Å². The van der Waals surface area contributed by atoms with Crippen LogP contribution in [0.5, 0.6) is 0 Å². The minimum Gasteiger partial charge on any atom is -0.326 e. The minimum atomic E-state index is 0.0833. The van der Waals surface area contributed by atoms with Crippen LogP contribution in [0.15, 0.2) is 0 Å². The van der Waals surface area contributed by atoms with Gasteiger partial charge in [-0.3, -0.25) is 0 Å². The maximum Gasteiger partial charge on any atom is 0.0638 e. The highest BCUT2D eigenvalue weighted by atomic mass is 15.0.